The van der Waals surface area contributed by atoms with E-state index in [1.54, 1.807) is 11.3 Å². The first kappa shape index (κ1) is 14.4. The monoisotopic (exact) mass is 307 g/mol. The van der Waals surface area contributed by atoms with Gasteiger partial charge in [0.25, 0.3) is 5.91 Å². The third-order valence-electron chi connectivity index (χ3n) is 4.63. The molecular formula is C15H21N3O2S. The molecule has 114 valence electrons. The van der Waals surface area contributed by atoms with Crippen molar-refractivity contribution in [3.63, 3.8) is 0 Å². The smallest absolute Gasteiger partial charge is 0.262 e. The number of amides is 1. The standard InChI is InChI=1S/C15H21N3O2S/c16-14(18-20)15(7-3-4-8-15)17-13(19)12-9-10-5-1-2-6-11(10)21-12/h9,20H,1-8H2,(H2,16,18)(H,17,19). The van der Waals surface area contributed by atoms with E-state index < -0.39 is 5.54 Å². The molecule has 1 saturated carbocycles. The van der Waals surface area contributed by atoms with Gasteiger partial charge in [-0.05, 0) is 50.2 Å². The van der Waals surface area contributed by atoms with Crippen LogP contribution in [0.25, 0.3) is 0 Å². The lowest BCUT2D eigenvalue weighted by Crippen LogP contribution is -2.55. The van der Waals surface area contributed by atoms with Crippen molar-refractivity contribution in [2.45, 2.75) is 56.9 Å². The van der Waals surface area contributed by atoms with Crippen LogP contribution in [0.2, 0.25) is 0 Å². The second-order valence-corrected chi connectivity index (χ2v) is 7.13. The van der Waals surface area contributed by atoms with Crippen LogP contribution < -0.4 is 11.1 Å². The van der Waals surface area contributed by atoms with Crippen LogP contribution in [0.4, 0.5) is 0 Å². The van der Waals surface area contributed by atoms with Crippen LogP contribution in [0, 0.1) is 0 Å². The normalized spacial score (nSPS) is 21.0. The van der Waals surface area contributed by atoms with E-state index in [4.69, 9.17) is 10.9 Å². The van der Waals surface area contributed by atoms with Crippen LogP contribution in [-0.2, 0) is 12.8 Å². The molecule has 0 spiro atoms. The van der Waals surface area contributed by atoms with Gasteiger partial charge in [0.15, 0.2) is 5.84 Å². The highest BCUT2D eigenvalue weighted by Gasteiger charge is 2.40. The number of nitrogens with two attached hydrogens (primary N) is 1. The topological polar surface area (TPSA) is 87.7 Å². The zero-order valence-corrected chi connectivity index (χ0v) is 12.8. The Bertz CT molecular complexity index is 550. The molecule has 0 unspecified atom stereocenters. The van der Waals surface area contributed by atoms with Crippen LogP contribution in [0.15, 0.2) is 11.2 Å². The number of rotatable bonds is 3. The number of hydrogen-bond donors (Lipinski definition) is 3. The van der Waals surface area contributed by atoms with Gasteiger partial charge in [-0.2, -0.15) is 0 Å². The summed E-state index contributed by atoms with van der Waals surface area (Å²) in [7, 11) is 0. The molecule has 3 rings (SSSR count). The number of carbonyl (C=O) groups is 1. The first-order valence-electron chi connectivity index (χ1n) is 7.57. The van der Waals surface area contributed by atoms with Crippen molar-refractivity contribution in [1.82, 2.24) is 5.32 Å². The van der Waals surface area contributed by atoms with Gasteiger partial charge in [0.05, 0.1) is 4.88 Å². The Morgan fingerprint density at radius 3 is 2.67 bits per heavy atom. The minimum absolute atomic E-state index is 0.0945. The van der Waals surface area contributed by atoms with Crippen molar-refractivity contribution >= 4 is 23.1 Å². The van der Waals surface area contributed by atoms with Crippen molar-refractivity contribution < 1.29 is 10.0 Å². The van der Waals surface area contributed by atoms with E-state index in [0.717, 1.165) is 43.4 Å². The number of hydrogen-bond acceptors (Lipinski definition) is 4. The molecule has 21 heavy (non-hydrogen) atoms. The van der Waals surface area contributed by atoms with Crippen molar-refractivity contribution in [3.8, 4) is 0 Å². The number of nitrogens with one attached hydrogen (secondary N) is 1. The largest absolute Gasteiger partial charge is 0.409 e. The second kappa shape index (κ2) is 5.67. The van der Waals surface area contributed by atoms with Crippen molar-refractivity contribution in [2.75, 3.05) is 0 Å². The number of thiophene rings is 1. The van der Waals surface area contributed by atoms with E-state index in [0.29, 0.717) is 0 Å². The molecule has 1 aromatic heterocycles. The van der Waals surface area contributed by atoms with Gasteiger partial charge in [0.1, 0.15) is 5.54 Å². The molecular weight excluding hydrogens is 286 g/mol. The molecule has 2 aliphatic carbocycles. The van der Waals surface area contributed by atoms with Crippen LogP contribution in [-0.4, -0.2) is 22.5 Å². The first-order valence-corrected chi connectivity index (χ1v) is 8.38. The van der Waals surface area contributed by atoms with E-state index in [9.17, 15) is 4.79 Å². The maximum absolute atomic E-state index is 12.6. The number of oxime groups is 1. The van der Waals surface area contributed by atoms with Gasteiger partial charge in [-0.25, -0.2) is 0 Å². The molecule has 4 N–H and O–H groups in total. The zero-order chi connectivity index (χ0) is 14.9. The third kappa shape index (κ3) is 2.64. The number of amidine groups is 1. The molecule has 1 amide bonds. The van der Waals surface area contributed by atoms with Crippen molar-refractivity contribution in [3.05, 3.63) is 21.4 Å². The molecule has 5 nitrogen and oxygen atoms in total. The molecule has 0 atom stereocenters. The lowest BCUT2D eigenvalue weighted by Gasteiger charge is -2.28. The lowest BCUT2D eigenvalue weighted by molar-refractivity contribution is 0.0927. The van der Waals surface area contributed by atoms with E-state index >= 15 is 0 Å². The summed E-state index contributed by atoms with van der Waals surface area (Å²) in [6.07, 6.45) is 8.01. The number of nitrogens with zero attached hydrogens (tertiary/aromatic N) is 1. The average molecular weight is 307 g/mol. The van der Waals surface area contributed by atoms with Crippen molar-refractivity contribution in [2.24, 2.45) is 10.9 Å². The zero-order valence-electron chi connectivity index (χ0n) is 12.0. The molecule has 1 fully saturated rings. The summed E-state index contributed by atoms with van der Waals surface area (Å²) < 4.78 is 0. The molecule has 0 aliphatic heterocycles. The molecule has 0 radical (unpaired) electrons. The first-order chi connectivity index (χ1) is 10.1. The molecule has 1 aromatic rings. The minimum Gasteiger partial charge on any atom is -0.409 e. The van der Waals surface area contributed by atoms with Crippen molar-refractivity contribution in [1.29, 1.82) is 0 Å². The van der Waals surface area contributed by atoms with Gasteiger partial charge < -0.3 is 16.3 Å². The van der Waals surface area contributed by atoms with Crippen LogP contribution >= 0.6 is 11.3 Å². The van der Waals surface area contributed by atoms with Gasteiger partial charge in [0.2, 0.25) is 0 Å². The predicted octanol–water partition coefficient (Wildman–Crippen LogP) is 2.42. The summed E-state index contributed by atoms with van der Waals surface area (Å²) >= 11 is 1.59. The summed E-state index contributed by atoms with van der Waals surface area (Å²) in [4.78, 5) is 14.6. The van der Waals surface area contributed by atoms with Gasteiger partial charge >= 0.3 is 0 Å². The minimum atomic E-state index is -0.670. The number of aryl methyl sites for hydroxylation is 2. The van der Waals surface area contributed by atoms with Crippen LogP contribution in [0.5, 0.6) is 0 Å². The summed E-state index contributed by atoms with van der Waals surface area (Å²) in [5.74, 6) is 0.0255. The Labute approximate surface area is 128 Å². The average Bonchev–Trinajstić information content (AvgIpc) is 3.13. The Hall–Kier alpha value is -1.56. The van der Waals surface area contributed by atoms with Crippen LogP contribution in [0.1, 0.15) is 58.6 Å². The molecule has 2 aliphatic rings. The lowest BCUT2D eigenvalue weighted by atomic mass is 9.95. The fraction of sp³-hybridized carbons (Fsp3) is 0.600. The predicted molar refractivity (Wildman–Crippen MR) is 83.0 cm³/mol. The fourth-order valence-corrected chi connectivity index (χ4v) is 4.55. The van der Waals surface area contributed by atoms with E-state index in [-0.39, 0.29) is 11.7 Å². The van der Waals surface area contributed by atoms with Gasteiger partial charge in [-0.15, -0.1) is 11.3 Å². The van der Waals surface area contributed by atoms with Crippen LogP contribution in [0.3, 0.4) is 0 Å². The highest BCUT2D eigenvalue weighted by atomic mass is 32.1. The van der Waals surface area contributed by atoms with E-state index in [2.05, 4.69) is 10.5 Å². The van der Waals surface area contributed by atoms with E-state index in [1.807, 2.05) is 6.07 Å². The summed E-state index contributed by atoms with van der Waals surface area (Å²) in [6.45, 7) is 0. The SMILES string of the molecule is N/C(=N/O)C1(NC(=O)c2cc3c(s2)CCCC3)CCCC1. The van der Waals surface area contributed by atoms with Gasteiger partial charge in [0, 0.05) is 4.88 Å². The number of fused-ring (bicyclic) bond motifs is 1. The van der Waals surface area contributed by atoms with E-state index in [1.165, 1.54) is 23.3 Å². The highest BCUT2D eigenvalue weighted by Crippen LogP contribution is 2.33. The molecule has 0 saturated heterocycles. The molecule has 1 heterocycles. The Balaban J connectivity index is 1.80. The summed E-state index contributed by atoms with van der Waals surface area (Å²) in [6, 6.07) is 2.02. The second-order valence-electron chi connectivity index (χ2n) is 5.99. The number of carbonyl (C=O) groups excluding carboxylic acids is 1. The maximum Gasteiger partial charge on any atom is 0.262 e. The third-order valence-corrected chi connectivity index (χ3v) is 5.86. The Morgan fingerprint density at radius 1 is 1.29 bits per heavy atom. The Kier molecular flexibility index (Phi) is 3.89. The molecule has 0 aromatic carbocycles. The van der Waals surface area contributed by atoms with Gasteiger partial charge in [-0.1, -0.05) is 18.0 Å². The Morgan fingerprint density at radius 2 is 2.00 bits per heavy atom. The fourth-order valence-electron chi connectivity index (χ4n) is 3.40. The maximum atomic E-state index is 12.6. The molecule has 0 bridgehead atoms. The quantitative estimate of drug-likeness (QED) is 0.347. The molecule has 6 heteroatoms. The highest BCUT2D eigenvalue weighted by molar-refractivity contribution is 7.14. The summed E-state index contributed by atoms with van der Waals surface area (Å²) in [5, 5.41) is 15.2. The summed E-state index contributed by atoms with van der Waals surface area (Å²) in [5.41, 5.74) is 6.48. The van der Waals surface area contributed by atoms with Gasteiger partial charge in [-0.3, -0.25) is 4.79 Å².